The highest BCUT2D eigenvalue weighted by molar-refractivity contribution is 7.11. The Labute approximate surface area is 147 Å². The summed E-state index contributed by atoms with van der Waals surface area (Å²) >= 11 is 1.74. The second-order valence-corrected chi connectivity index (χ2v) is 7.17. The Kier molecular flexibility index (Phi) is 6.72. The molecule has 2 rings (SSSR count). The largest absolute Gasteiger partial charge is 0.338 e. The summed E-state index contributed by atoms with van der Waals surface area (Å²) in [7, 11) is 1.77. The van der Waals surface area contributed by atoms with Crippen LogP contribution in [0.1, 0.15) is 41.2 Å². The molecular formula is C16H26N6OS. The Morgan fingerprint density at radius 2 is 2.21 bits per heavy atom. The molecule has 2 aromatic heterocycles. The highest BCUT2D eigenvalue weighted by Crippen LogP contribution is 2.17. The van der Waals surface area contributed by atoms with Crippen molar-refractivity contribution in [2.45, 2.75) is 53.1 Å². The van der Waals surface area contributed by atoms with Crippen molar-refractivity contribution in [2.75, 3.05) is 13.6 Å². The predicted molar refractivity (Wildman–Crippen MR) is 95.1 cm³/mol. The molecule has 8 heteroatoms. The Balaban J connectivity index is 1.72. The third-order valence-electron chi connectivity index (χ3n) is 3.80. The topological polar surface area (TPSA) is 75.9 Å². The molecule has 0 unspecified atom stereocenters. The lowest BCUT2D eigenvalue weighted by molar-refractivity contribution is 0.205. The Bertz CT molecular complexity index is 646. The van der Waals surface area contributed by atoms with E-state index in [0.717, 1.165) is 42.3 Å². The van der Waals surface area contributed by atoms with Gasteiger partial charge in [0.15, 0.2) is 5.82 Å². The monoisotopic (exact) mass is 350 g/mol. The molecule has 0 saturated heterocycles. The van der Waals surface area contributed by atoms with Gasteiger partial charge in [-0.05, 0) is 26.7 Å². The minimum absolute atomic E-state index is 0.0902. The van der Waals surface area contributed by atoms with Crippen molar-refractivity contribution in [3.63, 3.8) is 0 Å². The molecule has 0 aromatic carbocycles. The van der Waals surface area contributed by atoms with Crippen molar-refractivity contribution in [1.29, 1.82) is 0 Å². The summed E-state index contributed by atoms with van der Waals surface area (Å²) in [4.78, 5) is 19.6. The van der Waals surface area contributed by atoms with E-state index in [-0.39, 0.29) is 6.03 Å². The smallest absolute Gasteiger partial charge is 0.317 e. The highest BCUT2D eigenvalue weighted by Gasteiger charge is 2.12. The molecule has 0 aliphatic heterocycles. The van der Waals surface area contributed by atoms with Crippen LogP contribution < -0.4 is 5.32 Å². The number of nitrogens with one attached hydrogen (secondary N) is 1. The van der Waals surface area contributed by atoms with Crippen LogP contribution in [0, 0.1) is 13.8 Å². The summed E-state index contributed by atoms with van der Waals surface area (Å²) < 4.78 is 1.98. The maximum atomic E-state index is 12.2. The van der Waals surface area contributed by atoms with Crippen LogP contribution in [-0.2, 0) is 19.5 Å². The van der Waals surface area contributed by atoms with Crippen molar-refractivity contribution in [3.8, 4) is 0 Å². The first-order chi connectivity index (χ1) is 11.5. The third kappa shape index (κ3) is 5.02. The maximum absolute atomic E-state index is 12.2. The summed E-state index contributed by atoms with van der Waals surface area (Å²) in [5.74, 6) is 0.809. The Hall–Kier alpha value is -1.96. The minimum atomic E-state index is -0.0902. The molecule has 132 valence electrons. The van der Waals surface area contributed by atoms with E-state index in [4.69, 9.17) is 0 Å². The molecule has 0 atom stereocenters. The van der Waals surface area contributed by atoms with E-state index in [0.29, 0.717) is 13.1 Å². The zero-order chi connectivity index (χ0) is 17.5. The van der Waals surface area contributed by atoms with E-state index in [1.54, 1.807) is 29.6 Å². The van der Waals surface area contributed by atoms with E-state index in [2.05, 4.69) is 34.3 Å². The zero-order valence-corrected chi connectivity index (χ0v) is 15.7. The number of urea groups is 1. The van der Waals surface area contributed by atoms with Crippen LogP contribution in [0.5, 0.6) is 0 Å². The van der Waals surface area contributed by atoms with Gasteiger partial charge in [0, 0.05) is 31.4 Å². The average Bonchev–Trinajstić information content (AvgIpc) is 3.11. The lowest BCUT2D eigenvalue weighted by atomic mass is 10.3. The second kappa shape index (κ2) is 8.77. The van der Waals surface area contributed by atoms with Crippen LogP contribution in [0.3, 0.4) is 0 Å². The molecule has 2 heterocycles. The number of aryl methyl sites for hydroxylation is 4. The van der Waals surface area contributed by atoms with Gasteiger partial charge in [0.05, 0.1) is 17.2 Å². The minimum Gasteiger partial charge on any atom is -0.338 e. The van der Waals surface area contributed by atoms with Gasteiger partial charge < -0.3 is 14.8 Å². The van der Waals surface area contributed by atoms with Crippen molar-refractivity contribution in [2.24, 2.45) is 0 Å². The van der Waals surface area contributed by atoms with Crippen LogP contribution in [-0.4, -0.2) is 44.3 Å². The fourth-order valence-corrected chi connectivity index (χ4v) is 3.30. The van der Waals surface area contributed by atoms with Crippen molar-refractivity contribution in [3.05, 3.63) is 27.7 Å². The molecule has 0 spiro atoms. The van der Waals surface area contributed by atoms with E-state index in [1.165, 1.54) is 4.88 Å². The first-order valence-electron chi connectivity index (χ1n) is 8.29. The van der Waals surface area contributed by atoms with Gasteiger partial charge in [-0.2, -0.15) is 0 Å². The van der Waals surface area contributed by atoms with Gasteiger partial charge in [-0.15, -0.1) is 21.5 Å². The average molecular weight is 350 g/mol. The van der Waals surface area contributed by atoms with Crippen LogP contribution in [0.2, 0.25) is 0 Å². The summed E-state index contributed by atoms with van der Waals surface area (Å²) in [6.07, 6.45) is 4.51. The van der Waals surface area contributed by atoms with Gasteiger partial charge in [-0.25, -0.2) is 9.78 Å². The maximum Gasteiger partial charge on any atom is 0.317 e. The number of hydrogen-bond acceptors (Lipinski definition) is 5. The molecule has 0 saturated carbocycles. The van der Waals surface area contributed by atoms with Crippen LogP contribution in [0.15, 0.2) is 6.33 Å². The lowest BCUT2D eigenvalue weighted by Crippen LogP contribution is -2.38. The van der Waals surface area contributed by atoms with E-state index in [9.17, 15) is 4.79 Å². The number of rotatable bonds is 8. The van der Waals surface area contributed by atoms with Gasteiger partial charge in [0.2, 0.25) is 0 Å². The normalized spacial score (nSPS) is 10.8. The standard InChI is InChI=1S/C16H26N6OS/c1-5-9-22-11-18-20-14(22)10-21(4)16(23)17-8-6-7-15-19-12(2)13(3)24-15/h11H,5-10H2,1-4H3,(H,17,23). The third-order valence-corrected chi connectivity index (χ3v) is 4.93. The van der Waals surface area contributed by atoms with E-state index >= 15 is 0 Å². The summed E-state index contributed by atoms with van der Waals surface area (Å²) in [5, 5.41) is 12.1. The second-order valence-electron chi connectivity index (χ2n) is 5.88. The van der Waals surface area contributed by atoms with Crippen molar-refractivity contribution in [1.82, 2.24) is 30.0 Å². The van der Waals surface area contributed by atoms with Gasteiger partial charge in [0.25, 0.3) is 0 Å². The van der Waals surface area contributed by atoms with Gasteiger partial charge in [-0.1, -0.05) is 6.92 Å². The lowest BCUT2D eigenvalue weighted by Gasteiger charge is -2.17. The van der Waals surface area contributed by atoms with E-state index in [1.807, 2.05) is 11.5 Å². The van der Waals surface area contributed by atoms with Crippen molar-refractivity contribution < 1.29 is 4.79 Å². The molecule has 24 heavy (non-hydrogen) atoms. The fourth-order valence-electron chi connectivity index (χ4n) is 2.33. The number of amides is 2. The zero-order valence-electron chi connectivity index (χ0n) is 14.9. The first kappa shape index (κ1) is 18.4. The number of aromatic nitrogens is 4. The predicted octanol–water partition coefficient (Wildman–Crippen LogP) is 2.54. The fraction of sp³-hybridized carbons (Fsp3) is 0.625. The molecule has 2 amide bonds. The van der Waals surface area contributed by atoms with E-state index < -0.39 is 0 Å². The summed E-state index contributed by atoms with van der Waals surface area (Å²) in [6, 6.07) is -0.0902. The van der Waals surface area contributed by atoms with Crippen molar-refractivity contribution >= 4 is 17.4 Å². The Morgan fingerprint density at radius 1 is 1.42 bits per heavy atom. The molecule has 7 nitrogen and oxygen atoms in total. The number of hydrogen-bond donors (Lipinski definition) is 1. The van der Waals surface area contributed by atoms with Crippen LogP contribution in [0.25, 0.3) is 0 Å². The highest BCUT2D eigenvalue weighted by atomic mass is 32.1. The number of carbonyl (C=O) groups is 1. The molecular weight excluding hydrogens is 324 g/mol. The van der Waals surface area contributed by atoms with Gasteiger partial charge in [-0.3, -0.25) is 0 Å². The van der Waals surface area contributed by atoms with Crippen LogP contribution >= 0.6 is 11.3 Å². The van der Waals surface area contributed by atoms with Crippen LogP contribution in [0.4, 0.5) is 4.79 Å². The van der Waals surface area contributed by atoms with Gasteiger partial charge >= 0.3 is 6.03 Å². The summed E-state index contributed by atoms with van der Waals surface area (Å²) in [6.45, 7) is 8.18. The number of nitrogens with zero attached hydrogens (tertiary/aromatic N) is 5. The first-order valence-corrected chi connectivity index (χ1v) is 9.11. The quantitative estimate of drug-likeness (QED) is 0.742. The van der Waals surface area contributed by atoms with Gasteiger partial charge in [0.1, 0.15) is 6.33 Å². The molecule has 2 aromatic rings. The molecule has 0 bridgehead atoms. The molecule has 0 aliphatic rings. The SMILES string of the molecule is CCCn1cnnc1CN(C)C(=O)NCCCc1nc(C)c(C)s1. The molecule has 0 aliphatic carbocycles. The number of thiazole rings is 1. The molecule has 0 radical (unpaired) electrons. The number of carbonyl (C=O) groups excluding carboxylic acids is 1. The Morgan fingerprint density at radius 3 is 2.88 bits per heavy atom. The molecule has 1 N–H and O–H groups in total. The molecule has 0 fully saturated rings. The summed E-state index contributed by atoms with van der Waals surface area (Å²) in [5.41, 5.74) is 1.11.